The molecule has 9 heteroatoms. The largest absolute Gasteiger partial charge is 0.379 e. The second-order valence-electron chi connectivity index (χ2n) is 6.13. The van der Waals surface area contributed by atoms with Crippen molar-refractivity contribution in [2.24, 2.45) is 5.73 Å². The lowest BCUT2D eigenvalue weighted by atomic mass is 10.2. The molecule has 144 valence electrons. The molecule has 2 heterocycles. The van der Waals surface area contributed by atoms with Crippen LogP contribution in [0.15, 0.2) is 29.6 Å². The molecule has 1 aliphatic rings. The molecule has 1 aromatic carbocycles. The van der Waals surface area contributed by atoms with Gasteiger partial charge in [0.1, 0.15) is 5.69 Å². The van der Waals surface area contributed by atoms with Crippen LogP contribution < -0.4 is 16.4 Å². The van der Waals surface area contributed by atoms with Crippen LogP contribution in [0.4, 0.5) is 11.4 Å². The molecular weight excluding hydrogens is 366 g/mol. The van der Waals surface area contributed by atoms with E-state index in [4.69, 9.17) is 10.5 Å². The number of amides is 2. The first kappa shape index (κ1) is 19.4. The number of nitrogens with two attached hydrogens (primary N) is 1. The number of nitrogens with one attached hydrogen (secondary N) is 2. The summed E-state index contributed by atoms with van der Waals surface area (Å²) < 4.78 is 5.27. The van der Waals surface area contributed by atoms with Crippen molar-refractivity contribution in [3.05, 3.63) is 40.3 Å². The van der Waals surface area contributed by atoms with Gasteiger partial charge in [-0.3, -0.25) is 14.5 Å². The number of carbonyl (C=O) groups excluding carboxylic acids is 2. The van der Waals surface area contributed by atoms with Gasteiger partial charge < -0.3 is 21.1 Å². The van der Waals surface area contributed by atoms with E-state index in [0.29, 0.717) is 49.8 Å². The fourth-order valence-corrected chi connectivity index (χ4v) is 3.44. The molecule has 4 N–H and O–H groups in total. The number of aromatic nitrogens is 1. The van der Waals surface area contributed by atoms with E-state index in [9.17, 15) is 9.59 Å². The summed E-state index contributed by atoms with van der Waals surface area (Å²) in [5.74, 6) is -0.331. The molecule has 0 unspecified atom stereocenters. The van der Waals surface area contributed by atoms with Crippen LogP contribution in [0.1, 0.15) is 15.5 Å². The van der Waals surface area contributed by atoms with Crippen LogP contribution in [0.3, 0.4) is 0 Å². The number of thiazole rings is 1. The van der Waals surface area contributed by atoms with E-state index in [-0.39, 0.29) is 11.8 Å². The zero-order chi connectivity index (χ0) is 19.1. The predicted molar refractivity (Wildman–Crippen MR) is 105 cm³/mol. The van der Waals surface area contributed by atoms with Crippen molar-refractivity contribution in [1.29, 1.82) is 0 Å². The van der Waals surface area contributed by atoms with Crippen molar-refractivity contribution in [3.63, 3.8) is 0 Å². The van der Waals surface area contributed by atoms with Gasteiger partial charge in [0, 0.05) is 36.3 Å². The lowest BCUT2D eigenvalue weighted by Gasteiger charge is -2.25. The Morgan fingerprint density at radius 1 is 1.15 bits per heavy atom. The molecule has 8 nitrogen and oxygen atoms in total. The highest BCUT2D eigenvalue weighted by Gasteiger charge is 2.14. The minimum absolute atomic E-state index is 0.0661. The van der Waals surface area contributed by atoms with Gasteiger partial charge in [0.15, 0.2) is 0 Å². The third-order valence-corrected chi connectivity index (χ3v) is 4.95. The molecule has 0 aliphatic carbocycles. The van der Waals surface area contributed by atoms with Crippen molar-refractivity contribution in [2.45, 2.75) is 6.42 Å². The fourth-order valence-electron chi connectivity index (χ4n) is 2.65. The van der Waals surface area contributed by atoms with Crippen LogP contribution in [0, 0.1) is 0 Å². The zero-order valence-corrected chi connectivity index (χ0v) is 15.8. The summed E-state index contributed by atoms with van der Waals surface area (Å²) in [4.78, 5) is 30.7. The molecule has 0 atom stereocenters. The van der Waals surface area contributed by atoms with Crippen molar-refractivity contribution in [3.8, 4) is 0 Å². The Kier molecular flexibility index (Phi) is 6.88. The molecule has 1 aliphatic heterocycles. The van der Waals surface area contributed by atoms with Crippen LogP contribution in [0.2, 0.25) is 0 Å². The van der Waals surface area contributed by atoms with E-state index in [1.54, 1.807) is 29.6 Å². The van der Waals surface area contributed by atoms with E-state index in [1.165, 1.54) is 11.3 Å². The van der Waals surface area contributed by atoms with Crippen molar-refractivity contribution >= 4 is 34.5 Å². The van der Waals surface area contributed by atoms with Crippen LogP contribution >= 0.6 is 11.3 Å². The van der Waals surface area contributed by atoms with Crippen molar-refractivity contribution in [2.75, 3.05) is 50.0 Å². The summed E-state index contributed by atoms with van der Waals surface area (Å²) in [6.07, 6.45) is 0.663. The standard InChI is InChI=1S/C18H23N5O3S/c19-6-5-17-22-15(12-27-17)18(25)21-14-3-1-13(2-4-14)20-16(24)11-23-7-9-26-10-8-23/h1-4,12H,5-11,19H2,(H,20,24)(H,21,25). The molecule has 0 saturated carbocycles. The van der Waals surface area contributed by atoms with Crippen molar-refractivity contribution < 1.29 is 14.3 Å². The smallest absolute Gasteiger partial charge is 0.275 e. The Hall–Kier alpha value is -2.33. The van der Waals surface area contributed by atoms with Gasteiger partial charge in [-0.2, -0.15) is 0 Å². The Balaban J connectivity index is 1.50. The Morgan fingerprint density at radius 2 is 1.81 bits per heavy atom. The molecule has 0 spiro atoms. The number of hydrogen-bond acceptors (Lipinski definition) is 7. The number of benzene rings is 1. The van der Waals surface area contributed by atoms with E-state index < -0.39 is 0 Å². The monoisotopic (exact) mass is 389 g/mol. The third kappa shape index (κ3) is 5.83. The molecule has 1 aromatic heterocycles. The molecule has 2 aromatic rings. The summed E-state index contributed by atoms with van der Waals surface area (Å²) in [5, 5.41) is 8.23. The number of carbonyl (C=O) groups is 2. The van der Waals surface area contributed by atoms with Gasteiger partial charge in [-0.05, 0) is 30.8 Å². The summed E-state index contributed by atoms with van der Waals surface area (Å²) in [7, 11) is 0. The van der Waals surface area contributed by atoms with E-state index in [0.717, 1.165) is 18.1 Å². The topological polar surface area (TPSA) is 110 Å². The molecule has 27 heavy (non-hydrogen) atoms. The van der Waals surface area contributed by atoms with Crippen LogP contribution in [0.25, 0.3) is 0 Å². The summed E-state index contributed by atoms with van der Waals surface area (Å²) in [6.45, 7) is 3.71. The van der Waals surface area contributed by atoms with E-state index in [1.807, 2.05) is 0 Å². The summed E-state index contributed by atoms with van der Waals surface area (Å²) in [5.41, 5.74) is 7.20. The highest BCUT2D eigenvalue weighted by atomic mass is 32.1. The predicted octanol–water partition coefficient (Wildman–Crippen LogP) is 1.17. The lowest BCUT2D eigenvalue weighted by Crippen LogP contribution is -2.41. The molecule has 3 rings (SSSR count). The minimum Gasteiger partial charge on any atom is -0.379 e. The van der Waals surface area contributed by atoms with Gasteiger partial charge in [0.25, 0.3) is 5.91 Å². The molecule has 0 bridgehead atoms. The van der Waals surface area contributed by atoms with Gasteiger partial charge in [-0.25, -0.2) is 4.98 Å². The first-order valence-corrected chi connectivity index (χ1v) is 9.68. The van der Waals surface area contributed by atoms with Crippen LogP contribution in [0.5, 0.6) is 0 Å². The molecule has 2 amide bonds. The average molecular weight is 389 g/mol. The normalized spacial score (nSPS) is 14.7. The average Bonchev–Trinajstić information content (AvgIpc) is 3.13. The van der Waals surface area contributed by atoms with Crippen molar-refractivity contribution in [1.82, 2.24) is 9.88 Å². The van der Waals surface area contributed by atoms with E-state index >= 15 is 0 Å². The number of nitrogens with zero attached hydrogens (tertiary/aromatic N) is 2. The second kappa shape index (κ2) is 9.56. The molecule has 0 radical (unpaired) electrons. The van der Waals surface area contributed by atoms with Gasteiger partial charge in [-0.1, -0.05) is 0 Å². The SMILES string of the molecule is NCCc1nc(C(=O)Nc2ccc(NC(=O)CN3CCOCC3)cc2)cs1. The van der Waals surface area contributed by atoms with Gasteiger partial charge in [0.05, 0.1) is 24.8 Å². The lowest BCUT2D eigenvalue weighted by molar-refractivity contribution is -0.118. The maximum Gasteiger partial charge on any atom is 0.275 e. The highest BCUT2D eigenvalue weighted by Crippen LogP contribution is 2.16. The first-order chi connectivity index (χ1) is 13.1. The third-order valence-electron chi connectivity index (χ3n) is 4.04. The molecule has 1 fully saturated rings. The maximum atomic E-state index is 12.2. The number of hydrogen-bond donors (Lipinski definition) is 3. The highest BCUT2D eigenvalue weighted by molar-refractivity contribution is 7.09. The second-order valence-corrected chi connectivity index (χ2v) is 7.08. The van der Waals surface area contributed by atoms with Gasteiger partial charge in [-0.15, -0.1) is 11.3 Å². The number of morpholine rings is 1. The number of ether oxygens (including phenoxy) is 1. The summed E-state index contributed by atoms with van der Waals surface area (Å²) >= 11 is 1.43. The first-order valence-electron chi connectivity index (χ1n) is 8.80. The van der Waals surface area contributed by atoms with Gasteiger partial charge >= 0.3 is 0 Å². The van der Waals surface area contributed by atoms with E-state index in [2.05, 4.69) is 20.5 Å². The van der Waals surface area contributed by atoms with Crippen LogP contribution in [-0.4, -0.2) is 61.1 Å². The fraction of sp³-hybridized carbons (Fsp3) is 0.389. The number of anilines is 2. The quantitative estimate of drug-likeness (QED) is 0.656. The molecular formula is C18H23N5O3S. The Morgan fingerprint density at radius 3 is 2.48 bits per heavy atom. The Bertz CT molecular complexity index is 772. The summed E-state index contributed by atoms with van der Waals surface area (Å²) in [6, 6.07) is 7.01. The van der Waals surface area contributed by atoms with Crippen LogP contribution in [-0.2, 0) is 16.0 Å². The molecule has 1 saturated heterocycles. The zero-order valence-electron chi connectivity index (χ0n) is 14.9. The Labute approximate surface area is 161 Å². The maximum absolute atomic E-state index is 12.2. The minimum atomic E-state index is -0.265. The van der Waals surface area contributed by atoms with Gasteiger partial charge in [0.2, 0.25) is 5.91 Å². The number of rotatable bonds is 7.